The largest absolute Gasteiger partial charge is 0.481 e. The van der Waals surface area contributed by atoms with E-state index in [1.54, 1.807) is 0 Å². The lowest BCUT2D eigenvalue weighted by Crippen LogP contribution is -2.56. The third-order valence-corrected chi connectivity index (χ3v) is 5.11. The van der Waals surface area contributed by atoms with Crippen molar-refractivity contribution in [2.24, 2.45) is 0 Å². The van der Waals surface area contributed by atoms with Crippen molar-refractivity contribution >= 4 is 21.8 Å². The predicted molar refractivity (Wildman–Crippen MR) is 69.2 cm³/mol. The summed E-state index contributed by atoms with van der Waals surface area (Å²) >= 11 is 0. The Morgan fingerprint density at radius 1 is 1.20 bits per heavy atom. The number of sulfone groups is 1. The normalized spacial score (nSPS) is 26.3. The third kappa shape index (κ3) is 3.60. The molecule has 0 saturated carbocycles. The van der Waals surface area contributed by atoms with Gasteiger partial charge in [-0.25, -0.2) is 13.2 Å². The van der Waals surface area contributed by atoms with Crippen LogP contribution in [0.25, 0.3) is 0 Å². The van der Waals surface area contributed by atoms with Gasteiger partial charge in [0.15, 0.2) is 9.84 Å². The highest BCUT2D eigenvalue weighted by Gasteiger charge is 2.34. The zero-order valence-electron chi connectivity index (χ0n) is 11.0. The van der Waals surface area contributed by atoms with E-state index in [0.717, 1.165) is 0 Å². The van der Waals surface area contributed by atoms with Crippen LogP contribution in [-0.2, 0) is 19.4 Å². The van der Waals surface area contributed by atoms with Gasteiger partial charge in [-0.15, -0.1) is 0 Å². The fourth-order valence-corrected chi connectivity index (χ4v) is 3.56. The summed E-state index contributed by atoms with van der Waals surface area (Å²) in [5.74, 6) is -1.06. The number of ether oxygens (including phenoxy) is 1. The summed E-state index contributed by atoms with van der Waals surface area (Å²) in [6.07, 6.45) is -0.169. The second-order valence-electron chi connectivity index (χ2n) is 4.94. The number of carbonyl (C=O) groups excluding carboxylic acids is 1. The van der Waals surface area contributed by atoms with Crippen molar-refractivity contribution in [3.63, 3.8) is 0 Å². The molecule has 0 spiro atoms. The highest BCUT2D eigenvalue weighted by Crippen LogP contribution is 2.15. The molecule has 0 aliphatic carbocycles. The number of hydrogen-bond acceptors (Lipinski definition) is 5. The van der Waals surface area contributed by atoms with Crippen LogP contribution in [0, 0.1) is 0 Å². The second-order valence-corrected chi connectivity index (χ2v) is 7.25. The molecule has 1 atom stereocenters. The number of carboxylic acids is 1. The first-order valence-corrected chi connectivity index (χ1v) is 8.27. The number of nitrogens with zero attached hydrogens (tertiary/aromatic N) is 2. The maximum atomic E-state index is 12.4. The smallest absolute Gasteiger partial charge is 0.320 e. The highest BCUT2D eigenvalue weighted by molar-refractivity contribution is 7.91. The van der Waals surface area contributed by atoms with E-state index in [2.05, 4.69) is 0 Å². The maximum Gasteiger partial charge on any atom is 0.320 e. The average Bonchev–Trinajstić information content (AvgIpc) is 2.38. The van der Waals surface area contributed by atoms with Gasteiger partial charge in [-0.05, 0) is 0 Å². The molecule has 9 heteroatoms. The molecule has 2 aliphatic rings. The summed E-state index contributed by atoms with van der Waals surface area (Å²) in [6, 6.07) is -0.790. The fraction of sp³-hybridized carbons (Fsp3) is 0.818. The summed E-state index contributed by atoms with van der Waals surface area (Å²) < 4.78 is 27.9. The van der Waals surface area contributed by atoms with Crippen molar-refractivity contribution in [3.8, 4) is 0 Å². The van der Waals surface area contributed by atoms with Gasteiger partial charge in [0.1, 0.15) is 0 Å². The van der Waals surface area contributed by atoms with Crippen molar-refractivity contribution in [2.75, 3.05) is 44.4 Å². The molecule has 1 N–H and O–H groups in total. The van der Waals surface area contributed by atoms with Gasteiger partial charge >= 0.3 is 12.0 Å². The van der Waals surface area contributed by atoms with Crippen LogP contribution in [0.4, 0.5) is 4.79 Å². The van der Waals surface area contributed by atoms with Crippen LogP contribution in [0.5, 0.6) is 0 Å². The van der Waals surface area contributed by atoms with E-state index in [1.165, 1.54) is 9.80 Å². The minimum atomic E-state index is -3.04. The first-order valence-electron chi connectivity index (χ1n) is 6.44. The van der Waals surface area contributed by atoms with Gasteiger partial charge in [0, 0.05) is 19.6 Å². The van der Waals surface area contributed by atoms with E-state index in [1.807, 2.05) is 0 Å². The Bertz CT molecular complexity index is 477. The van der Waals surface area contributed by atoms with Crippen molar-refractivity contribution in [2.45, 2.75) is 12.5 Å². The zero-order valence-corrected chi connectivity index (χ0v) is 11.8. The van der Waals surface area contributed by atoms with Crippen LogP contribution in [0.1, 0.15) is 6.42 Å². The summed E-state index contributed by atoms with van der Waals surface area (Å²) in [7, 11) is -3.04. The monoisotopic (exact) mass is 306 g/mol. The number of aliphatic carboxylic acids is 1. The molecule has 2 amide bonds. The molecular formula is C11H18N2O6S. The zero-order chi connectivity index (χ0) is 14.8. The maximum absolute atomic E-state index is 12.4. The van der Waals surface area contributed by atoms with Gasteiger partial charge in [0.2, 0.25) is 0 Å². The third-order valence-electron chi connectivity index (χ3n) is 3.50. The first kappa shape index (κ1) is 15.0. The number of amides is 2. The fourth-order valence-electron chi connectivity index (χ4n) is 2.36. The van der Waals surface area contributed by atoms with Gasteiger partial charge in [-0.3, -0.25) is 4.79 Å². The number of rotatable bonds is 2. The number of urea groups is 1. The van der Waals surface area contributed by atoms with E-state index in [4.69, 9.17) is 9.84 Å². The van der Waals surface area contributed by atoms with Gasteiger partial charge in [-0.2, -0.15) is 0 Å². The Balaban J connectivity index is 2.01. The molecule has 8 nitrogen and oxygen atoms in total. The summed E-state index contributed by atoms with van der Waals surface area (Å²) in [5.41, 5.74) is 0. The molecular weight excluding hydrogens is 288 g/mol. The molecule has 0 aromatic carbocycles. The molecule has 20 heavy (non-hydrogen) atoms. The van der Waals surface area contributed by atoms with E-state index in [0.29, 0.717) is 13.2 Å². The van der Waals surface area contributed by atoms with Gasteiger partial charge in [-0.1, -0.05) is 0 Å². The Labute approximate surface area is 117 Å². The Morgan fingerprint density at radius 3 is 2.45 bits per heavy atom. The van der Waals surface area contributed by atoms with Crippen molar-refractivity contribution in [1.29, 1.82) is 0 Å². The predicted octanol–water partition coefficient (Wildman–Crippen LogP) is -0.988. The van der Waals surface area contributed by atoms with Crippen LogP contribution < -0.4 is 0 Å². The lowest BCUT2D eigenvalue weighted by atomic mass is 10.1. The quantitative estimate of drug-likeness (QED) is 0.702. The van der Waals surface area contributed by atoms with E-state index in [9.17, 15) is 18.0 Å². The molecule has 2 aliphatic heterocycles. The summed E-state index contributed by atoms with van der Waals surface area (Å²) in [4.78, 5) is 26.1. The number of carboxylic acid groups (broad SMARTS) is 1. The number of carbonyl (C=O) groups is 2. The topological polar surface area (TPSA) is 104 Å². The van der Waals surface area contributed by atoms with Crippen LogP contribution >= 0.6 is 0 Å². The molecule has 0 aromatic rings. The van der Waals surface area contributed by atoms with Gasteiger partial charge in [0.05, 0.1) is 37.2 Å². The second kappa shape index (κ2) is 5.96. The van der Waals surface area contributed by atoms with Crippen LogP contribution in [0.15, 0.2) is 0 Å². The van der Waals surface area contributed by atoms with Crippen LogP contribution in [0.3, 0.4) is 0 Å². The van der Waals surface area contributed by atoms with Gasteiger partial charge < -0.3 is 19.6 Å². The SMILES string of the molecule is O=C(O)CC1COCCN1C(=O)N1CCS(=O)(=O)CC1. The summed E-state index contributed by atoms with van der Waals surface area (Å²) in [6.45, 7) is 1.23. The Hall–Kier alpha value is -1.35. The molecule has 114 valence electrons. The standard InChI is InChI=1S/C11H18N2O6S/c14-10(15)7-9-8-19-4-1-13(9)11(16)12-2-5-20(17,18)6-3-12/h9H,1-8H2,(H,14,15). The Kier molecular flexibility index (Phi) is 4.48. The van der Waals surface area contributed by atoms with E-state index < -0.39 is 21.8 Å². The molecule has 2 saturated heterocycles. The van der Waals surface area contributed by atoms with Crippen LogP contribution in [0.2, 0.25) is 0 Å². The van der Waals surface area contributed by atoms with Gasteiger partial charge in [0.25, 0.3) is 0 Å². The number of morpholine rings is 1. The molecule has 0 radical (unpaired) electrons. The van der Waals surface area contributed by atoms with Crippen molar-refractivity contribution in [3.05, 3.63) is 0 Å². The molecule has 0 aromatic heterocycles. The lowest BCUT2D eigenvalue weighted by molar-refractivity contribution is -0.139. The van der Waals surface area contributed by atoms with E-state index in [-0.39, 0.29) is 43.7 Å². The molecule has 2 rings (SSSR count). The molecule has 2 fully saturated rings. The molecule has 1 unspecified atom stereocenters. The van der Waals surface area contributed by atoms with Crippen molar-refractivity contribution < 1.29 is 27.9 Å². The van der Waals surface area contributed by atoms with Crippen molar-refractivity contribution in [1.82, 2.24) is 9.80 Å². The summed E-state index contributed by atoms with van der Waals surface area (Å²) in [5, 5.41) is 8.86. The van der Waals surface area contributed by atoms with E-state index >= 15 is 0 Å². The minimum absolute atomic E-state index is 0.0350. The lowest BCUT2D eigenvalue weighted by Gasteiger charge is -2.39. The molecule has 2 heterocycles. The van der Waals surface area contributed by atoms with Crippen LogP contribution in [-0.4, -0.2) is 85.7 Å². The Morgan fingerprint density at radius 2 is 1.85 bits per heavy atom. The molecule has 0 bridgehead atoms. The number of hydrogen-bond donors (Lipinski definition) is 1. The minimum Gasteiger partial charge on any atom is -0.481 e. The first-order chi connectivity index (χ1) is 9.39. The highest BCUT2D eigenvalue weighted by atomic mass is 32.2. The average molecular weight is 306 g/mol.